The Labute approximate surface area is 221 Å². The van der Waals surface area contributed by atoms with Gasteiger partial charge in [-0.15, -0.1) is 0 Å². The standard InChI is InChI=1S/C30H29N3O5/c1-4-5-10-25-19-24(33-38-25)20-29(34)31-23-9-6-8-22(18-23)26-11-7-12-30(32-26)37-16-15-21-13-14-27(35-2)28(17-21)36-3/h4-14,17-19H,1,15-16,20H2,2-3H3,(H,31,34)/b10-5-. The van der Waals surface area contributed by atoms with E-state index in [2.05, 4.69) is 22.0 Å². The van der Waals surface area contributed by atoms with Crippen LogP contribution in [0.1, 0.15) is 17.0 Å². The number of carbonyl (C=O) groups is 1. The molecule has 0 saturated carbocycles. The van der Waals surface area contributed by atoms with Gasteiger partial charge in [-0.05, 0) is 42.0 Å². The average molecular weight is 512 g/mol. The smallest absolute Gasteiger partial charge is 0.230 e. The number of hydrogen-bond donors (Lipinski definition) is 1. The molecule has 2 aromatic carbocycles. The van der Waals surface area contributed by atoms with Crippen molar-refractivity contribution in [2.24, 2.45) is 0 Å². The Bertz CT molecular complexity index is 1430. The molecule has 0 fully saturated rings. The zero-order valence-electron chi connectivity index (χ0n) is 21.3. The zero-order chi connectivity index (χ0) is 26.7. The number of carbonyl (C=O) groups excluding carboxylic acids is 1. The quantitative estimate of drug-likeness (QED) is 0.242. The number of nitrogens with one attached hydrogen (secondary N) is 1. The van der Waals surface area contributed by atoms with E-state index in [0.717, 1.165) is 16.8 Å². The van der Waals surface area contributed by atoms with Gasteiger partial charge in [-0.2, -0.15) is 0 Å². The van der Waals surface area contributed by atoms with Crippen molar-refractivity contribution in [2.75, 3.05) is 26.1 Å². The molecule has 4 aromatic rings. The summed E-state index contributed by atoms with van der Waals surface area (Å²) in [4.78, 5) is 17.2. The van der Waals surface area contributed by atoms with Crippen molar-refractivity contribution >= 4 is 17.7 Å². The molecular formula is C30H29N3O5. The number of rotatable bonds is 12. The van der Waals surface area contributed by atoms with Crippen molar-refractivity contribution in [1.29, 1.82) is 0 Å². The van der Waals surface area contributed by atoms with Gasteiger partial charge in [-0.3, -0.25) is 4.79 Å². The summed E-state index contributed by atoms with van der Waals surface area (Å²) in [6, 6.07) is 20.6. The minimum atomic E-state index is -0.199. The fourth-order valence-corrected chi connectivity index (χ4v) is 3.74. The Balaban J connectivity index is 1.35. The first-order chi connectivity index (χ1) is 18.6. The van der Waals surface area contributed by atoms with Gasteiger partial charge in [0.2, 0.25) is 11.8 Å². The topological polar surface area (TPSA) is 95.7 Å². The van der Waals surface area contributed by atoms with Crippen LogP contribution >= 0.6 is 0 Å². The van der Waals surface area contributed by atoms with Crippen LogP contribution in [0, 0.1) is 0 Å². The first-order valence-corrected chi connectivity index (χ1v) is 12.0. The molecule has 0 atom stereocenters. The molecule has 194 valence electrons. The molecule has 0 saturated heterocycles. The van der Waals surface area contributed by atoms with Crippen LogP contribution in [0.25, 0.3) is 17.3 Å². The number of ether oxygens (including phenoxy) is 3. The van der Waals surface area contributed by atoms with Crippen LogP contribution in [-0.4, -0.2) is 36.9 Å². The van der Waals surface area contributed by atoms with E-state index in [1.54, 1.807) is 38.5 Å². The van der Waals surface area contributed by atoms with Crippen LogP contribution in [0.4, 0.5) is 5.69 Å². The van der Waals surface area contributed by atoms with Crippen molar-refractivity contribution in [1.82, 2.24) is 10.1 Å². The van der Waals surface area contributed by atoms with Crippen molar-refractivity contribution < 1.29 is 23.5 Å². The first-order valence-electron chi connectivity index (χ1n) is 12.0. The third-order valence-electron chi connectivity index (χ3n) is 5.57. The number of pyridine rings is 1. The molecule has 1 N–H and O–H groups in total. The van der Waals surface area contributed by atoms with Crippen molar-refractivity contribution in [3.63, 3.8) is 0 Å². The molecular weight excluding hydrogens is 482 g/mol. The van der Waals surface area contributed by atoms with E-state index in [1.165, 1.54) is 0 Å². The average Bonchev–Trinajstić information content (AvgIpc) is 3.39. The van der Waals surface area contributed by atoms with Gasteiger partial charge >= 0.3 is 0 Å². The predicted octanol–water partition coefficient (Wildman–Crippen LogP) is 5.76. The highest BCUT2D eigenvalue weighted by Crippen LogP contribution is 2.28. The van der Waals surface area contributed by atoms with Gasteiger partial charge in [-0.25, -0.2) is 4.98 Å². The second-order valence-corrected chi connectivity index (χ2v) is 8.27. The minimum Gasteiger partial charge on any atom is -0.493 e. The van der Waals surface area contributed by atoms with Gasteiger partial charge in [0.25, 0.3) is 0 Å². The third kappa shape index (κ3) is 7.10. The summed E-state index contributed by atoms with van der Waals surface area (Å²) in [7, 11) is 3.23. The van der Waals surface area contributed by atoms with Crippen LogP contribution in [0.5, 0.6) is 17.4 Å². The van der Waals surface area contributed by atoms with Gasteiger partial charge in [0, 0.05) is 29.8 Å². The molecule has 0 aliphatic carbocycles. The lowest BCUT2D eigenvalue weighted by Gasteiger charge is -2.11. The molecule has 8 heteroatoms. The highest BCUT2D eigenvalue weighted by molar-refractivity contribution is 5.92. The summed E-state index contributed by atoms with van der Waals surface area (Å²) in [6.45, 7) is 4.07. The largest absolute Gasteiger partial charge is 0.493 e. The third-order valence-corrected chi connectivity index (χ3v) is 5.57. The maximum atomic E-state index is 12.5. The van der Waals surface area contributed by atoms with Gasteiger partial charge < -0.3 is 24.1 Å². The fraction of sp³-hybridized carbons (Fsp3) is 0.167. The van der Waals surface area contributed by atoms with E-state index in [4.69, 9.17) is 18.7 Å². The Hall–Kier alpha value is -4.85. The molecule has 0 aliphatic heterocycles. The van der Waals surface area contributed by atoms with Crippen molar-refractivity contribution in [3.8, 4) is 28.6 Å². The summed E-state index contributed by atoms with van der Waals surface area (Å²) in [5.41, 5.74) is 3.86. The molecule has 0 bridgehead atoms. The van der Waals surface area contributed by atoms with E-state index in [-0.39, 0.29) is 12.3 Å². The van der Waals surface area contributed by atoms with E-state index >= 15 is 0 Å². The summed E-state index contributed by atoms with van der Waals surface area (Å²) >= 11 is 0. The van der Waals surface area contributed by atoms with Gasteiger partial charge in [0.15, 0.2) is 17.3 Å². The molecule has 0 unspecified atom stereocenters. The Morgan fingerprint density at radius 2 is 1.87 bits per heavy atom. The molecule has 8 nitrogen and oxygen atoms in total. The minimum absolute atomic E-state index is 0.0945. The maximum Gasteiger partial charge on any atom is 0.230 e. The lowest BCUT2D eigenvalue weighted by Crippen LogP contribution is -2.14. The number of aromatic nitrogens is 2. The van der Waals surface area contributed by atoms with Crippen LogP contribution in [0.3, 0.4) is 0 Å². The zero-order valence-corrected chi connectivity index (χ0v) is 21.3. The lowest BCUT2D eigenvalue weighted by atomic mass is 10.1. The van der Waals surface area contributed by atoms with Crippen molar-refractivity contribution in [2.45, 2.75) is 12.8 Å². The molecule has 2 heterocycles. The van der Waals surface area contributed by atoms with Crippen LogP contribution in [0.15, 0.2) is 90.0 Å². The molecule has 0 aliphatic rings. The van der Waals surface area contributed by atoms with Gasteiger partial charge in [0.05, 0.1) is 38.6 Å². The Morgan fingerprint density at radius 3 is 2.68 bits per heavy atom. The number of allylic oxidation sites excluding steroid dienone is 2. The number of anilines is 1. The summed E-state index contributed by atoms with van der Waals surface area (Å²) in [5.74, 6) is 2.25. The monoisotopic (exact) mass is 511 g/mol. The normalized spacial score (nSPS) is 10.8. The SMILES string of the molecule is C=C/C=C\c1cc(CC(=O)Nc2cccc(-c3cccc(OCCc4ccc(OC)c(OC)c4)n3)c2)no1. The van der Waals surface area contributed by atoms with Crippen LogP contribution in [0.2, 0.25) is 0 Å². The van der Waals surface area contributed by atoms with Crippen LogP contribution in [-0.2, 0) is 17.6 Å². The molecule has 38 heavy (non-hydrogen) atoms. The summed E-state index contributed by atoms with van der Waals surface area (Å²) < 4.78 is 21.7. The number of benzene rings is 2. The number of nitrogens with zero attached hydrogens (tertiary/aromatic N) is 2. The van der Waals surface area contributed by atoms with E-state index < -0.39 is 0 Å². The molecule has 0 spiro atoms. The highest BCUT2D eigenvalue weighted by atomic mass is 16.5. The lowest BCUT2D eigenvalue weighted by molar-refractivity contribution is -0.115. The van der Waals surface area contributed by atoms with E-state index in [0.29, 0.717) is 47.5 Å². The fourth-order valence-electron chi connectivity index (χ4n) is 3.74. The molecule has 0 radical (unpaired) electrons. The predicted molar refractivity (Wildman–Crippen MR) is 146 cm³/mol. The Morgan fingerprint density at radius 1 is 1.03 bits per heavy atom. The second kappa shape index (κ2) is 12.9. The summed E-state index contributed by atoms with van der Waals surface area (Å²) in [5, 5.41) is 6.83. The number of methoxy groups -OCH3 is 2. The summed E-state index contributed by atoms with van der Waals surface area (Å²) in [6.07, 6.45) is 5.88. The number of hydrogen-bond acceptors (Lipinski definition) is 7. The van der Waals surface area contributed by atoms with Crippen LogP contribution < -0.4 is 19.5 Å². The number of amides is 1. The van der Waals surface area contributed by atoms with Gasteiger partial charge in [-0.1, -0.05) is 48.2 Å². The van der Waals surface area contributed by atoms with Crippen molar-refractivity contribution in [3.05, 3.63) is 102 Å². The molecule has 2 aromatic heterocycles. The molecule has 1 amide bonds. The maximum absolute atomic E-state index is 12.5. The molecule has 4 rings (SSSR count). The van der Waals surface area contributed by atoms with E-state index in [9.17, 15) is 4.79 Å². The first kappa shape index (κ1) is 26.2. The van der Waals surface area contributed by atoms with Gasteiger partial charge in [0.1, 0.15) is 0 Å². The highest BCUT2D eigenvalue weighted by Gasteiger charge is 2.10. The Kier molecular flexibility index (Phi) is 8.91. The second-order valence-electron chi connectivity index (χ2n) is 8.27. The van der Waals surface area contributed by atoms with E-state index in [1.807, 2.05) is 60.7 Å².